The van der Waals surface area contributed by atoms with Crippen molar-refractivity contribution in [2.45, 2.75) is 25.7 Å². The first-order chi connectivity index (χ1) is 12.4. The number of ether oxygens (including phenoxy) is 2. The van der Waals surface area contributed by atoms with Gasteiger partial charge in [-0.15, -0.1) is 0 Å². The normalized spacial score (nSPS) is 12.3. The zero-order valence-corrected chi connectivity index (χ0v) is 17.3. The molecule has 26 heavy (non-hydrogen) atoms. The predicted octanol–water partition coefficient (Wildman–Crippen LogP) is 2.11. The van der Waals surface area contributed by atoms with Crippen molar-refractivity contribution in [1.29, 1.82) is 0 Å². The third-order valence-corrected chi connectivity index (χ3v) is 4.45. The molecule has 6 nitrogen and oxygen atoms in total. The van der Waals surface area contributed by atoms with E-state index in [1.807, 2.05) is 12.1 Å². The number of benzene rings is 1. The second-order valence-electron chi connectivity index (χ2n) is 7.12. The van der Waals surface area contributed by atoms with Gasteiger partial charge in [0.1, 0.15) is 5.75 Å². The van der Waals surface area contributed by atoms with Gasteiger partial charge in [0.2, 0.25) is 0 Å². The quantitative estimate of drug-likeness (QED) is 0.358. The lowest BCUT2D eigenvalue weighted by Gasteiger charge is -2.27. The molecule has 0 spiro atoms. The number of nitrogens with one attached hydrogen (secondary N) is 2. The van der Waals surface area contributed by atoms with Gasteiger partial charge in [0.05, 0.1) is 7.11 Å². The molecule has 0 bridgehead atoms. The van der Waals surface area contributed by atoms with Gasteiger partial charge in [-0.3, -0.25) is 4.99 Å². The minimum absolute atomic E-state index is 0.0386. The Bertz CT molecular complexity index is 546. The Kier molecular flexibility index (Phi) is 10.1. The van der Waals surface area contributed by atoms with Crippen LogP contribution in [-0.2, 0) is 10.2 Å². The van der Waals surface area contributed by atoms with Crippen molar-refractivity contribution in [3.05, 3.63) is 29.8 Å². The van der Waals surface area contributed by atoms with Crippen LogP contribution >= 0.6 is 0 Å². The molecule has 6 heteroatoms. The van der Waals surface area contributed by atoms with Crippen LogP contribution in [0.4, 0.5) is 0 Å². The molecule has 0 atom stereocenters. The Balaban J connectivity index is 2.43. The van der Waals surface area contributed by atoms with Gasteiger partial charge in [-0.2, -0.15) is 0 Å². The second-order valence-corrected chi connectivity index (χ2v) is 7.12. The number of aliphatic imine (C=N–C) groups is 1. The predicted molar refractivity (Wildman–Crippen MR) is 109 cm³/mol. The fourth-order valence-electron chi connectivity index (χ4n) is 2.63. The van der Waals surface area contributed by atoms with E-state index >= 15 is 0 Å². The molecule has 0 aromatic heterocycles. The summed E-state index contributed by atoms with van der Waals surface area (Å²) >= 11 is 0. The van der Waals surface area contributed by atoms with Crippen LogP contribution < -0.4 is 15.4 Å². The lowest BCUT2D eigenvalue weighted by Crippen LogP contribution is -2.45. The molecular formula is C20H36N4O2. The van der Waals surface area contributed by atoms with Crippen LogP contribution in [0.1, 0.15) is 25.8 Å². The molecule has 2 N–H and O–H groups in total. The van der Waals surface area contributed by atoms with E-state index in [2.05, 4.69) is 53.6 Å². The molecule has 1 aromatic carbocycles. The molecule has 1 rings (SSSR count). The molecule has 0 saturated carbocycles. The topological polar surface area (TPSA) is 58.1 Å². The van der Waals surface area contributed by atoms with E-state index < -0.39 is 0 Å². The number of rotatable bonds is 11. The van der Waals surface area contributed by atoms with Crippen LogP contribution in [-0.4, -0.2) is 72.0 Å². The van der Waals surface area contributed by atoms with Crippen LogP contribution in [0.3, 0.4) is 0 Å². The molecule has 0 fully saturated rings. The fraction of sp³-hybridized carbons (Fsp3) is 0.650. The summed E-state index contributed by atoms with van der Waals surface area (Å²) in [6.45, 7) is 8.86. The van der Waals surface area contributed by atoms with Crippen LogP contribution in [0.2, 0.25) is 0 Å². The van der Waals surface area contributed by atoms with Crippen molar-refractivity contribution in [2.24, 2.45) is 4.99 Å². The van der Waals surface area contributed by atoms with E-state index in [0.29, 0.717) is 0 Å². The van der Waals surface area contributed by atoms with E-state index in [1.165, 1.54) is 5.56 Å². The average molecular weight is 365 g/mol. The zero-order valence-electron chi connectivity index (χ0n) is 17.3. The summed E-state index contributed by atoms with van der Waals surface area (Å²) in [6, 6.07) is 8.22. The number of nitrogens with zero attached hydrogens (tertiary/aromatic N) is 2. The number of hydrogen-bond donors (Lipinski definition) is 2. The monoisotopic (exact) mass is 364 g/mol. The third-order valence-electron chi connectivity index (χ3n) is 4.45. The van der Waals surface area contributed by atoms with Gasteiger partial charge in [-0.25, -0.2) is 0 Å². The van der Waals surface area contributed by atoms with Gasteiger partial charge in [0.25, 0.3) is 0 Å². The Labute approximate surface area is 159 Å². The number of guanidine groups is 1. The van der Waals surface area contributed by atoms with Crippen LogP contribution in [0.15, 0.2) is 29.3 Å². The van der Waals surface area contributed by atoms with Gasteiger partial charge < -0.3 is 25.0 Å². The minimum Gasteiger partial charge on any atom is -0.497 e. The van der Waals surface area contributed by atoms with Crippen LogP contribution in [0, 0.1) is 0 Å². The third kappa shape index (κ3) is 8.06. The maximum absolute atomic E-state index is 5.34. The van der Waals surface area contributed by atoms with E-state index in [1.54, 1.807) is 21.3 Å². The van der Waals surface area contributed by atoms with Crippen LogP contribution in [0.25, 0.3) is 0 Å². The van der Waals surface area contributed by atoms with Crippen molar-refractivity contribution in [3.8, 4) is 5.75 Å². The SMILES string of the molecule is CN=C(NCCN(C)CCCOC)NCC(C)(C)c1cccc(OC)c1. The second kappa shape index (κ2) is 11.8. The molecule has 0 aliphatic heterocycles. The van der Waals surface area contributed by atoms with Gasteiger partial charge in [0, 0.05) is 52.4 Å². The standard InChI is InChI=1S/C20H36N4O2/c1-20(2,17-9-7-10-18(15-17)26-6)16-23-19(21-3)22-11-13-24(4)12-8-14-25-5/h7,9-10,15H,8,11-14,16H2,1-6H3,(H2,21,22,23). The molecule has 0 unspecified atom stereocenters. The maximum atomic E-state index is 5.34. The molecule has 0 aliphatic carbocycles. The van der Waals surface area contributed by atoms with Crippen molar-refractivity contribution >= 4 is 5.96 Å². The molecule has 1 aromatic rings. The lowest BCUT2D eigenvalue weighted by molar-refractivity contribution is 0.180. The summed E-state index contributed by atoms with van der Waals surface area (Å²) in [5.74, 6) is 1.71. The van der Waals surface area contributed by atoms with Gasteiger partial charge >= 0.3 is 0 Å². The van der Waals surface area contributed by atoms with Gasteiger partial charge in [-0.05, 0) is 31.2 Å². The molecule has 148 valence electrons. The highest BCUT2D eigenvalue weighted by molar-refractivity contribution is 5.79. The zero-order chi connectivity index (χ0) is 19.4. The summed E-state index contributed by atoms with van der Waals surface area (Å²) in [6.07, 6.45) is 1.05. The van der Waals surface area contributed by atoms with E-state index in [9.17, 15) is 0 Å². The van der Waals surface area contributed by atoms with Gasteiger partial charge in [0.15, 0.2) is 5.96 Å². The minimum atomic E-state index is -0.0386. The molecule has 0 aliphatic rings. The first kappa shape index (κ1) is 22.3. The Morgan fingerprint density at radius 3 is 2.62 bits per heavy atom. The molecule has 0 saturated heterocycles. The molecule has 0 heterocycles. The smallest absolute Gasteiger partial charge is 0.191 e. The van der Waals surface area contributed by atoms with Crippen molar-refractivity contribution in [3.63, 3.8) is 0 Å². The first-order valence-corrected chi connectivity index (χ1v) is 9.19. The summed E-state index contributed by atoms with van der Waals surface area (Å²) < 4.78 is 10.4. The maximum Gasteiger partial charge on any atom is 0.191 e. The van der Waals surface area contributed by atoms with Crippen LogP contribution in [0.5, 0.6) is 5.75 Å². The van der Waals surface area contributed by atoms with Crippen molar-refractivity contribution in [1.82, 2.24) is 15.5 Å². The Morgan fingerprint density at radius 1 is 1.19 bits per heavy atom. The summed E-state index contributed by atoms with van der Waals surface area (Å²) in [7, 11) is 7.36. The summed E-state index contributed by atoms with van der Waals surface area (Å²) in [4.78, 5) is 6.61. The highest BCUT2D eigenvalue weighted by atomic mass is 16.5. The highest BCUT2D eigenvalue weighted by Crippen LogP contribution is 2.25. The lowest BCUT2D eigenvalue weighted by atomic mass is 9.84. The highest BCUT2D eigenvalue weighted by Gasteiger charge is 2.21. The van der Waals surface area contributed by atoms with Crippen molar-refractivity contribution < 1.29 is 9.47 Å². The molecule has 0 radical (unpaired) electrons. The van der Waals surface area contributed by atoms with E-state index in [-0.39, 0.29) is 5.41 Å². The Morgan fingerprint density at radius 2 is 1.96 bits per heavy atom. The molecular weight excluding hydrogens is 328 g/mol. The first-order valence-electron chi connectivity index (χ1n) is 9.19. The number of likely N-dealkylation sites (N-methyl/N-ethyl adjacent to an activating group) is 1. The summed E-state index contributed by atoms with van der Waals surface area (Å²) in [5.41, 5.74) is 1.20. The van der Waals surface area contributed by atoms with E-state index in [0.717, 1.165) is 50.9 Å². The average Bonchev–Trinajstić information content (AvgIpc) is 2.64. The number of hydrogen-bond acceptors (Lipinski definition) is 4. The van der Waals surface area contributed by atoms with Gasteiger partial charge in [-0.1, -0.05) is 26.0 Å². The molecule has 0 amide bonds. The Hall–Kier alpha value is -1.79. The summed E-state index contributed by atoms with van der Waals surface area (Å²) in [5, 5.41) is 6.81. The van der Waals surface area contributed by atoms with E-state index in [4.69, 9.17) is 9.47 Å². The number of methoxy groups -OCH3 is 2. The van der Waals surface area contributed by atoms with Crippen molar-refractivity contribution in [2.75, 3.05) is 61.1 Å². The largest absolute Gasteiger partial charge is 0.497 e. The fourth-order valence-corrected chi connectivity index (χ4v) is 2.63.